The Labute approximate surface area is 160 Å². The van der Waals surface area contributed by atoms with E-state index in [1.165, 1.54) is 59.4 Å². The third kappa shape index (κ3) is 4.52. The lowest BCUT2D eigenvalue weighted by Crippen LogP contribution is -2.65. The fraction of sp³-hybridized carbons (Fsp3) is 0.176. The fourth-order valence-electron chi connectivity index (χ4n) is 1.94. The molecule has 2 rings (SSSR count). The average Bonchev–Trinajstić information content (AvgIpc) is 2.71. The zero-order chi connectivity index (χ0) is 21.7. The number of rotatable bonds is 8. The van der Waals surface area contributed by atoms with Gasteiger partial charge < -0.3 is 0 Å². The van der Waals surface area contributed by atoms with E-state index in [0.717, 1.165) is 0 Å². The van der Waals surface area contributed by atoms with Crippen molar-refractivity contribution in [3.8, 4) is 0 Å². The zero-order valence-electron chi connectivity index (χ0n) is 14.4. The van der Waals surface area contributed by atoms with Crippen molar-refractivity contribution in [3.63, 3.8) is 0 Å². The maximum Gasteiger partial charge on any atom is 0.394 e. The Bertz CT molecular complexity index is 780. The summed E-state index contributed by atoms with van der Waals surface area (Å²) in [6, 6.07) is 13.9. The van der Waals surface area contributed by atoms with Gasteiger partial charge in [0.2, 0.25) is 0 Å². The Morgan fingerprint density at radius 3 is 1.21 bits per heavy atom. The Morgan fingerprint density at radius 2 is 0.897 bits per heavy atom. The molecule has 2 amide bonds. The number of hydrogen-bond acceptors (Lipinski definition) is 4. The van der Waals surface area contributed by atoms with Gasteiger partial charge in [0.15, 0.2) is 0 Å². The predicted octanol–water partition coefficient (Wildman–Crippen LogP) is 3.18. The standard InChI is InChI=1S/C17H14F6N4O2/c18-15(19,13(28)26-24-11-7-3-1-4-8-11)17(22,23)16(20,21)14(29)27-25-12-9-5-2-6-10-12/h1-10,24-25H,(H,26,28)(H,27,29). The average molecular weight is 420 g/mol. The minimum atomic E-state index is -6.34. The van der Waals surface area contributed by atoms with Gasteiger partial charge >= 0.3 is 29.6 Å². The molecule has 0 spiro atoms. The second-order valence-corrected chi connectivity index (χ2v) is 5.61. The molecule has 2 aromatic rings. The Balaban J connectivity index is 2.09. The number of alkyl halides is 6. The molecule has 0 aromatic heterocycles. The minimum Gasteiger partial charge on any atom is -0.298 e. The van der Waals surface area contributed by atoms with Crippen molar-refractivity contribution in [3.05, 3.63) is 60.7 Å². The zero-order valence-corrected chi connectivity index (χ0v) is 14.4. The van der Waals surface area contributed by atoms with E-state index >= 15 is 0 Å². The molecule has 6 nitrogen and oxygen atoms in total. The van der Waals surface area contributed by atoms with Crippen molar-refractivity contribution in [1.29, 1.82) is 0 Å². The topological polar surface area (TPSA) is 82.3 Å². The van der Waals surface area contributed by atoms with Crippen LogP contribution in [-0.4, -0.2) is 29.6 Å². The van der Waals surface area contributed by atoms with Crippen molar-refractivity contribution in [2.45, 2.75) is 17.8 Å². The first kappa shape index (κ1) is 21.9. The maximum absolute atomic E-state index is 13.9. The summed E-state index contributed by atoms with van der Waals surface area (Å²) < 4.78 is 83.0. The maximum atomic E-state index is 13.9. The van der Waals surface area contributed by atoms with Gasteiger partial charge in [-0.15, -0.1) is 0 Å². The van der Waals surface area contributed by atoms with Crippen molar-refractivity contribution in [2.75, 3.05) is 10.9 Å². The largest absolute Gasteiger partial charge is 0.394 e. The number of carbonyl (C=O) groups is 2. The van der Waals surface area contributed by atoms with Crippen LogP contribution in [0.25, 0.3) is 0 Å². The molecule has 0 unspecified atom stereocenters. The van der Waals surface area contributed by atoms with Crippen molar-refractivity contribution in [2.24, 2.45) is 0 Å². The lowest BCUT2D eigenvalue weighted by Gasteiger charge is -2.31. The van der Waals surface area contributed by atoms with Crippen LogP contribution in [0.4, 0.5) is 37.7 Å². The van der Waals surface area contributed by atoms with Gasteiger partial charge in [0.25, 0.3) is 0 Å². The number of hydrazine groups is 2. The summed E-state index contributed by atoms with van der Waals surface area (Å²) in [5.41, 5.74) is 6.24. The monoisotopic (exact) mass is 420 g/mol. The number of hydrogen-bond donors (Lipinski definition) is 4. The van der Waals surface area contributed by atoms with E-state index in [0.29, 0.717) is 0 Å². The molecule has 0 aliphatic heterocycles. The van der Waals surface area contributed by atoms with E-state index in [4.69, 9.17) is 0 Å². The van der Waals surface area contributed by atoms with E-state index in [2.05, 4.69) is 0 Å². The summed E-state index contributed by atoms with van der Waals surface area (Å²) in [5, 5.41) is 0. The van der Waals surface area contributed by atoms with Crippen LogP contribution >= 0.6 is 0 Å². The van der Waals surface area contributed by atoms with Gasteiger partial charge in [-0.05, 0) is 24.3 Å². The molecule has 4 N–H and O–H groups in total. The summed E-state index contributed by atoms with van der Waals surface area (Å²) in [7, 11) is 0. The molecule has 0 aliphatic rings. The number of amides is 2. The van der Waals surface area contributed by atoms with Crippen LogP contribution in [0.15, 0.2) is 60.7 Å². The molecule has 0 bridgehead atoms. The molecular formula is C17H14F6N4O2. The predicted molar refractivity (Wildman–Crippen MR) is 91.3 cm³/mol. The van der Waals surface area contributed by atoms with Crippen LogP contribution in [0.2, 0.25) is 0 Å². The molecule has 0 fully saturated rings. The minimum absolute atomic E-state index is 0.0246. The quantitative estimate of drug-likeness (QED) is 0.391. The van der Waals surface area contributed by atoms with Crippen LogP contribution in [0.5, 0.6) is 0 Å². The number of anilines is 2. The van der Waals surface area contributed by atoms with Gasteiger partial charge in [0.05, 0.1) is 11.4 Å². The van der Waals surface area contributed by atoms with Crippen molar-refractivity contribution >= 4 is 23.2 Å². The third-order valence-electron chi connectivity index (χ3n) is 3.55. The van der Waals surface area contributed by atoms with Gasteiger partial charge in [-0.25, -0.2) is 0 Å². The highest BCUT2D eigenvalue weighted by Crippen LogP contribution is 2.46. The number of carbonyl (C=O) groups excluding carboxylic acids is 2. The molecule has 2 aromatic carbocycles. The molecule has 12 heteroatoms. The first-order valence-electron chi connectivity index (χ1n) is 7.86. The summed E-state index contributed by atoms with van der Waals surface area (Å²) in [6.07, 6.45) is 0. The number of nitrogens with one attached hydrogen (secondary N) is 4. The van der Waals surface area contributed by atoms with E-state index < -0.39 is 29.6 Å². The van der Waals surface area contributed by atoms with E-state index in [9.17, 15) is 35.9 Å². The van der Waals surface area contributed by atoms with Crippen LogP contribution < -0.4 is 21.7 Å². The van der Waals surface area contributed by atoms with E-state index in [-0.39, 0.29) is 11.4 Å². The van der Waals surface area contributed by atoms with Crippen molar-refractivity contribution < 1.29 is 35.9 Å². The van der Waals surface area contributed by atoms with Crippen LogP contribution in [0.3, 0.4) is 0 Å². The van der Waals surface area contributed by atoms with E-state index in [1.807, 2.05) is 10.9 Å². The Morgan fingerprint density at radius 1 is 0.586 bits per heavy atom. The first-order chi connectivity index (χ1) is 13.5. The number of para-hydroxylation sites is 2. The van der Waals surface area contributed by atoms with Gasteiger partial charge in [0.1, 0.15) is 0 Å². The summed E-state index contributed by atoms with van der Waals surface area (Å²) >= 11 is 0. The molecule has 156 valence electrons. The summed E-state index contributed by atoms with van der Waals surface area (Å²) in [6.45, 7) is 0. The van der Waals surface area contributed by atoms with E-state index in [1.54, 1.807) is 12.1 Å². The smallest absolute Gasteiger partial charge is 0.298 e. The highest BCUT2D eigenvalue weighted by molar-refractivity contribution is 5.90. The Hall–Kier alpha value is -3.44. The van der Waals surface area contributed by atoms with Crippen LogP contribution in [0.1, 0.15) is 0 Å². The normalized spacial score (nSPS) is 12.1. The molecular weight excluding hydrogens is 406 g/mol. The van der Waals surface area contributed by atoms with Crippen LogP contribution in [-0.2, 0) is 9.59 Å². The molecule has 0 atom stereocenters. The lowest BCUT2D eigenvalue weighted by molar-refractivity contribution is -0.286. The van der Waals surface area contributed by atoms with Crippen LogP contribution in [0, 0.1) is 0 Å². The number of benzene rings is 2. The second-order valence-electron chi connectivity index (χ2n) is 5.61. The molecule has 0 heterocycles. The highest BCUT2D eigenvalue weighted by atomic mass is 19.3. The molecule has 0 aliphatic carbocycles. The van der Waals surface area contributed by atoms with Gasteiger partial charge in [0, 0.05) is 0 Å². The second kappa shape index (κ2) is 8.29. The van der Waals surface area contributed by atoms with Gasteiger partial charge in [-0.1, -0.05) is 36.4 Å². The van der Waals surface area contributed by atoms with Gasteiger partial charge in [-0.3, -0.25) is 31.3 Å². The molecule has 0 saturated heterocycles. The summed E-state index contributed by atoms with van der Waals surface area (Å²) in [5.74, 6) is -23.7. The molecule has 0 radical (unpaired) electrons. The Kier molecular flexibility index (Phi) is 6.25. The number of halogens is 6. The van der Waals surface area contributed by atoms with Crippen molar-refractivity contribution in [1.82, 2.24) is 10.9 Å². The summed E-state index contributed by atoms with van der Waals surface area (Å²) in [4.78, 5) is 22.9. The third-order valence-corrected chi connectivity index (χ3v) is 3.55. The highest BCUT2D eigenvalue weighted by Gasteiger charge is 2.78. The molecule has 29 heavy (non-hydrogen) atoms. The lowest BCUT2D eigenvalue weighted by atomic mass is 10.0. The first-order valence-corrected chi connectivity index (χ1v) is 7.86. The van der Waals surface area contributed by atoms with Gasteiger partial charge in [-0.2, -0.15) is 26.3 Å². The SMILES string of the molecule is O=C(NNc1ccccc1)C(F)(F)C(F)(F)C(F)(F)C(=O)NNc1ccccc1. The molecule has 0 saturated carbocycles. The fourth-order valence-corrected chi connectivity index (χ4v) is 1.94.